The molecule has 0 aliphatic heterocycles. The zero-order valence-electron chi connectivity index (χ0n) is 13.2. The third-order valence-electron chi connectivity index (χ3n) is 3.18. The van der Waals surface area contributed by atoms with Gasteiger partial charge in [0, 0.05) is 13.7 Å². The Labute approximate surface area is 135 Å². The quantitative estimate of drug-likeness (QED) is 0.751. The molecule has 0 saturated heterocycles. The van der Waals surface area contributed by atoms with Crippen LogP contribution >= 0.6 is 0 Å². The van der Waals surface area contributed by atoms with Crippen LogP contribution in [0.3, 0.4) is 0 Å². The maximum absolute atomic E-state index is 8.80. The number of ether oxygens (including phenoxy) is 2. The maximum atomic E-state index is 8.80. The van der Waals surface area contributed by atoms with E-state index >= 15 is 0 Å². The van der Waals surface area contributed by atoms with Crippen LogP contribution in [0.1, 0.15) is 16.8 Å². The first kappa shape index (κ1) is 16.5. The molecule has 0 atom stereocenters. The minimum Gasteiger partial charge on any atom is -0.461 e. The number of hydrogen-bond donors (Lipinski definition) is 2. The lowest BCUT2D eigenvalue weighted by atomic mass is 10.1. The standard InChI is InChI=1S/C16H19N5O2/c1-11-14(18)15(21-16(20-11)23-8-7-22-2)19-10-13-5-3-12(9-17)4-6-13/h3-6H,7-8,10,18H2,1-2H3,(H,19,20,21). The summed E-state index contributed by atoms with van der Waals surface area (Å²) in [5, 5.41) is 12.0. The molecule has 2 aromatic rings. The third kappa shape index (κ3) is 4.56. The van der Waals surface area contributed by atoms with Gasteiger partial charge in [0.1, 0.15) is 6.61 Å². The molecule has 0 radical (unpaired) electrons. The molecule has 7 heteroatoms. The number of nitrogens with two attached hydrogens (primary N) is 1. The minimum atomic E-state index is 0.260. The number of aryl methyl sites for hydroxylation is 1. The summed E-state index contributed by atoms with van der Waals surface area (Å²) in [7, 11) is 1.60. The first-order valence-electron chi connectivity index (χ1n) is 7.12. The lowest BCUT2D eigenvalue weighted by Crippen LogP contribution is -2.11. The van der Waals surface area contributed by atoms with Gasteiger partial charge in [0.25, 0.3) is 0 Å². The molecule has 0 aliphatic rings. The Balaban J connectivity index is 2.06. The van der Waals surface area contributed by atoms with Crippen LogP contribution in [0.15, 0.2) is 24.3 Å². The normalized spacial score (nSPS) is 10.1. The molecule has 120 valence electrons. The summed E-state index contributed by atoms with van der Waals surface area (Å²) in [5.41, 5.74) is 8.78. The van der Waals surface area contributed by atoms with Crippen LogP contribution in [0.2, 0.25) is 0 Å². The number of anilines is 2. The van der Waals surface area contributed by atoms with Crippen molar-refractivity contribution in [2.45, 2.75) is 13.5 Å². The number of methoxy groups -OCH3 is 1. The maximum Gasteiger partial charge on any atom is 0.318 e. The van der Waals surface area contributed by atoms with Gasteiger partial charge in [-0.1, -0.05) is 12.1 Å². The molecular weight excluding hydrogens is 294 g/mol. The van der Waals surface area contributed by atoms with E-state index in [4.69, 9.17) is 20.5 Å². The molecule has 1 heterocycles. The zero-order valence-corrected chi connectivity index (χ0v) is 13.2. The van der Waals surface area contributed by atoms with E-state index in [0.29, 0.717) is 42.5 Å². The van der Waals surface area contributed by atoms with E-state index in [9.17, 15) is 0 Å². The predicted molar refractivity (Wildman–Crippen MR) is 87.0 cm³/mol. The molecule has 7 nitrogen and oxygen atoms in total. The van der Waals surface area contributed by atoms with Gasteiger partial charge in [0.15, 0.2) is 5.82 Å². The summed E-state index contributed by atoms with van der Waals surface area (Å²) in [5.74, 6) is 0.522. The van der Waals surface area contributed by atoms with E-state index in [2.05, 4.69) is 21.4 Å². The SMILES string of the molecule is COCCOc1nc(C)c(N)c(NCc2ccc(C#N)cc2)n1. The molecule has 3 N–H and O–H groups in total. The number of benzene rings is 1. The number of nitrogens with zero attached hydrogens (tertiary/aromatic N) is 3. The van der Waals surface area contributed by atoms with E-state index in [1.165, 1.54) is 0 Å². The van der Waals surface area contributed by atoms with Gasteiger partial charge in [-0.05, 0) is 24.6 Å². The van der Waals surface area contributed by atoms with Gasteiger partial charge in [0.05, 0.1) is 29.6 Å². The van der Waals surface area contributed by atoms with Crippen LogP contribution in [0.4, 0.5) is 11.5 Å². The second-order valence-corrected chi connectivity index (χ2v) is 4.86. The lowest BCUT2D eigenvalue weighted by molar-refractivity contribution is 0.141. The highest BCUT2D eigenvalue weighted by Gasteiger charge is 2.09. The van der Waals surface area contributed by atoms with Crippen molar-refractivity contribution in [1.82, 2.24) is 9.97 Å². The van der Waals surface area contributed by atoms with Gasteiger partial charge in [0.2, 0.25) is 0 Å². The molecule has 0 saturated carbocycles. The van der Waals surface area contributed by atoms with Crippen molar-refractivity contribution in [3.63, 3.8) is 0 Å². The highest BCUT2D eigenvalue weighted by molar-refractivity contribution is 5.64. The second kappa shape index (κ2) is 7.96. The average molecular weight is 313 g/mol. The van der Waals surface area contributed by atoms with Crippen LogP contribution in [-0.2, 0) is 11.3 Å². The van der Waals surface area contributed by atoms with Crippen molar-refractivity contribution in [3.05, 3.63) is 41.1 Å². The van der Waals surface area contributed by atoms with E-state index in [0.717, 1.165) is 5.56 Å². The molecule has 0 spiro atoms. The van der Waals surface area contributed by atoms with Crippen molar-refractivity contribution in [2.24, 2.45) is 0 Å². The zero-order chi connectivity index (χ0) is 16.7. The molecule has 0 amide bonds. The summed E-state index contributed by atoms with van der Waals surface area (Å²) in [6.07, 6.45) is 0. The van der Waals surface area contributed by atoms with Gasteiger partial charge in [-0.25, -0.2) is 0 Å². The Morgan fingerprint density at radius 1 is 1.22 bits per heavy atom. The molecule has 2 rings (SSSR count). The van der Waals surface area contributed by atoms with Crippen LogP contribution in [0.5, 0.6) is 6.01 Å². The number of nitriles is 1. The minimum absolute atomic E-state index is 0.260. The first-order valence-corrected chi connectivity index (χ1v) is 7.12. The predicted octanol–water partition coefficient (Wildman–Crippen LogP) is 1.88. The van der Waals surface area contributed by atoms with Crippen molar-refractivity contribution < 1.29 is 9.47 Å². The fourth-order valence-corrected chi connectivity index (χ4v) is 1.85. The van der Waals surface area contributed by atoms with E-state index in [1.807, 2.05) is 12.1 Å². The fraction of sp³-hybridized carbons (Fsp3) is 0.312. The van der Waals surface area contributed by atoms with Crippen LogP contribution in [-0.4, -0.2) is 30.3 Å². The third-order valence-corrected chi connectivity index (χ3v) is 3.18. The summed E-state index contributed by atoms with van der Waals surface area (Å²) in [6.45, 7) is 3.16. The van der Waals surface area contributed by atoms with Crippen molar-refractivity contribution in [1.29, 1.82) is 5.26 Å². The Kier molecular flexibility index (Phi) is 5.72. The van der Waals surface area contributed by atoms with Gasteiger partial charge in [-0.15, -0.1) is 0 Å². The molecular formula is C16H19N5O2. The van der Waals surface area contributed by atoms with Crippen LogP contribution in [0, 0.1) is 18.3 Å². The van der Waals surface area contributed by atoms with E-state index < -0.39 is 0 Å². The van der Waals surface area contributed by atoms with Crippen molar-refractivity contribution in [2.75, 3.05) is 31.4 Å². The fourth-order valence-electron chi connectivity index (χ4n) is 1.85. The van der Waals surface area contributed by atoms with Gasteiger partial charge < -0.3 is 20.5 Å². The monoisotopic (exact) mass is 313 g/mol. The molecule has 1 aromatic heterocycles. The molecule has 1 aromatic carbocycles. The molecule has 23 heavy (non-hydrogen) atoms. The highest BCUT2D eigenvalue weighted by Crippen LogP contribution is 2.22. The Bertz CT molecular complexity index is 695. The summed E-state index contributed by atoms with van der Waals surface area (Å²) in [4.78, 5) is 8.47. The summed E-state index contributed by atoms with van der Waals surface area (Å²) < 4.78 is 10.4. The van der Waals surface area contributed by atoms with Crippen LogP contribution < -0.4 is 15.8 Å². The molecule has 0 bridgehead atoms. The van der Waals surface area contributed by atoms with Crippen molar-refractivity contribution in [3.8, 4) is 12.1 Å². The smallest absolute Gasteiger partial charge is 0.318 e. The lowest BCUT2D eigenvalue weighted by Gasteiger charge is -2.12. The van der Waals surface area contributed by atoms with E-state index in [1.54, 1.807) is 26.2 Å². The van der Waals surface area contributed by atoms with Gasteiger partial charge in [-0.3, -0.25) is 0 Å². The highest BCUT2D eigenvalue weighted by atomic mass is 16.5. The number of nitrogens with one attached hydrogen (secondary N) is 1. The molecule has 0 fully saturated rings. The summed E-state index contributed by atoms with van der Waals surface area (Å²) in [6, 6.07) is 9.65. The Hall–Kier alpha value is -2.85. The number of rotatable bonds is 7. The van der Waals surface area contributed by atoms with Gasteiger partial charge >= 0.3 is 6.01 Å². The number of aromatic nitrogens is 2. The molecule has 0 unspecified atom stereocenters. The topological polar surface area (TPSA) is 106 Å². The first-order chi connectivity index (χ1) is 11.1. The van der Waals surface area contributed by atoms with Crippen molar-refractivity contribution >= 4 is 11.5 Å². The number of nitrogen functional groups attached to an aromatic ring is 1. The number of hydrogen-bond acceptors (Lipinski definition) is 7. The Morgan fingerprint density at radius 2 is 1.96 bits per heavy atom. The summed E-state index contributed by atoms with van der Waals surface area (Å²) >= 11 is 0. The largest absolute Gasteiger partial charge is 0.461 e. The van der Waals surface area contributed by atoms with E-state index in [-0.39, 0.29) is 6.01 Å². The molecule has 0 aliphatic carbocycles. The van der Waals surface area contributed by atoms with Gasteiger partial charge in [-0.2, -0.15) is 15.2 Å². The average Bonchev–Trinajstić information content (AvgIpc) is 2.57. The van der Waals surface area contributed by atoms with Crippen LogP contribution in [0.25, 0.3) is 0 Å². The Morgan fingerprint density at radius 3 is 2.61 bits per heavy atom. The second-order valence-electron chi connectivity index (χ2n) is 4.86.